The van der Waals surface area contributed by atoms with E-state index in [1.165, 1.54) is 7.05 Å². The summed E-state index contributed by atoms with van der Waals surface area (Å²) < 4.78 is 35.2. The summed E-state index contributed by atoms with van der Waals surface area (Å²) >= 11 is 0. The maximum Gasteiger partial charge on any atom is 0.418 e. The van der Waals surface area contributed by atoms with Crippen molar-refractivity contribution in [2.24, 2.45) is 0 Å². The quantitative estimate of drug-likeness (QED) is 0.612. The van der Waals surface area contributed by atoms with Crippen LogP contribution < -0.4 is 5.32 Å². The number of aliphatic hydroxyl groups is 1. The first-order chi connectivity index (χ1) is 4.31. The van der Waals surface area contributed by atoms with Gasteiger partial charge in [-0.3, -0.25) is 0 Å². The minimum atomic E-state index is -4.56. The Hall–Kier alpha value is -0.290. The molecule has 10 heavy (non-hydrogen) atoms. The Kier molecular flexibility index (Phi) is 2.67. The number of hydrogen-bond acceptors (Lipinski definition) is 2. The van der Waals surface area contributed by atoms with Crippen LogP contribution in [0.5, 0.6) is 0 Å². The van der Waals surface area contributed by atoms with E-state index in [0.29, 0.717) is 0 Å². The van der Waals surface area contributed by atoms with E-state index in [-0.39, 0.29) is 0 Å². The van der Waals surface area contributed by atoms with Crippen molar-refractivity contribution in [3.8, 4) is 0 Å². The molecule has 0 saturated heterocycles. The lowest BCUT2D eigenvalue weighted by Crippen LogP contribution is -2.49. The zero-order chi connectivity index (χ0) is 8.41. The second-order valence-corrected chi connectivity index (χ2v) is 2.30. The van der Waals surface area contributed by atoms with Gasteiger partial charge in [0.25, 0.3) is 0 Å². The van der Waals surface area contributed by atoms with Crippen molar-refractivity contribution < 1.29 is 18.3 Å². The molecule has 0 aromatic carbocycles. The van der Waals surface area contributed by atoms with E-state index in [1.54, 1.807) is 0 Å². The summed E-state index contributed by atoms with van der Waals surface area (Å²) in [5.74, 6) is 0. The molecule has 0 aromatic rings. The number of nitrogens with one attached hydrogen (secondary N) is 1. The second-order valence-electron chi connectivity index (χ2n) is 2.30. The number of alkyl halides is 3. The molecule has 0 aliphatic rings. The summed E-state index contributed by atoms with van der Waals surface area (Å²) in [6, 6.07) is 0. The average molecular weight is 157 g/mol. The molecule has 0 bridgehead atoms. The molecule has 0 aromatic heterocycles. The molecule has 0 rings (SSSR count). The maximum absolute atomic E-state index is 11.7. The minimum absolute atomic E-state index is 0.490. The van der Waals surface area contributed by atoms with Gasteiger partial charge < -0.3 is 10.4 Å². The molecule has 0 amide bonds. The van der Waals surface area contributed by atoms with Gasteiger partial charge in [-0.05, 0) is 14.0 Å². The summed E-state index contributed by atoms with van der Waals surface area (Å²) in [4.78, 5) is 0. The first-order valence-corrected chi connectivity index (χ1v) is 2.75. The molecule has 2 nitrogen and oxygen atoms in total. The molecule has 0 heterocycles. The predicted molar refractivity (Wildman–Crippen MR) is 30.6 cm³/mol. The molecule has 0 radical (unpaired) electrons. The summed E-state index contributed by atoms with van der Waals surface area (Å²) in [5.41, 5.74) is -2.62. The highest BCUT2D eigenvalue weighted by atomic mass is 19.4. The third-order valence-corrected chi connectivity index (χ3v) is 1.13. The molecule has 0 fully saturated rings. The zero-order valence-electron chi connectivity index (χ0n) is 5.79. The van der Waals surface area contributed by atoms with Crippen LogP contribution in [0.2, 0.25) is 0 Å². The smallest absolute Gasteiger partial charge is 0.380 e. The van der Waals surface area contributed by atoms with Crippen molar-refractivity contribution in [3.63, 3.8) is 0 Å². The normalized spacial score (nSPS) is 18.6. The molecule has 0 saturated carbocycles. The van der Waals surface area contributed by atoms with Crippen molar-refractivity contribution in [2.75, 3.05) is 13.6 Å². The van der Waals surface area contributed by atoms with Crippen LogP contribution in [0.25, 0.3) is 0 Å². The molecule has 2 N–H and O–H groups in total. The Morgan fingerprint density at radius 2 is 1.80 bits per heavy atom. The molecule has 62 valence electrons. The topological polar surface area (TPSA) is 32.3 Å². The van der Waals surface area contributed by atoms with Gasteiger partial charge in [0, 0.05) is 6.54 Å². The highest BCUT2D eigenvalue weighted by molar-refractivity contribution is 4.82. The Bertz CT molecular complexity index is 110. The van der Waals surface area contributed by atoms with E-state index in [2.05, 4.69) is 5.32 Å². The Morgan fingerprint density at radius 1 is 1.40 bits per heavy atom. The highest BCUT2D eigenvalue weighted by Crippen LogP contribution is 2.28. The fourth-order valence-electron chi connectivity index (χ4n) is 0.444. The van der Waals surface area contributed by atoms with Crippen molar-refractivity contribution in [2.45, 2.75) is 18.7 Å². The number of hydrogen-bond donors (Lipinski definition) is 2. The third kappa shape index (κ3) is 2.15. The lowest BCUT2D eigenvalue weighted by atomic mass is 10.1. The van der Waals surface area contributed by atoms with E-state index in [9.17, 15) is 13.2 Å². The van der Waals surface area contributed by atoms with E-state index >= 15 is 0 Å². The van der Waals surface area contributed by atoms with Crippen LogP contribution in [0.1, 0.15) is 6.92 Å². The van der Waals surface area contributed by atoms with Gasteiger partial charge in [0.15, 0.2) is 5.60 Å². The second kappa shape index (κ2) is 2.75. The highest BCUT2D eigenvalue weighted by Gasteiger charge is 2.49. The van der Waals surface area contributed by atoms with E-state index in [1.807, 2.05) is 0 Å². The van der Waals surface area contributed by atoms with Gasteiger partial charge in [0.05, 0.1) is 0 Å². The molecule has 0 aliphatic heterocycles. The first-order valence-electron chi connectivity index (χ1n) is 2.75. The minimum Gasteiger partial charge on any atom is -0.380 e. The van der Waals surface area contributed by atoms with Crippen LogP contribution >= 0.6 is 0 Å². The average Bonchev–Trinajstić information content (AvgIpc) is 1.61. The van der Waals surface area contributed by atoms with E-state index in [0.717, 1.165) is 6.92 Å². The molecular formula is C5H10F3NO. The third-order valence-electron chi connectivity index (χ3n) is 1.13. The van der Waals surface area contributed by atoms with Crippen LogP contribution in [0.15, 0.2) is 0 Å². The van der Waals surface area contributed by atoms with Crippen LogP contribution in [-0.4, -0.2) is 30.5 Å². The standard InChI is InChI=1S/C5H10F3NO/c1-4(10,3-9-2)5(6,7)8/h9-10H,3H2,1-2H3/t4-/m1/s1. The Labute approximate surface area is 57.0 Å². The van der Waals surface area contributed by atoms with Gasteiger partial charge in [0.1, 0.15) is 0 Å². The largest absolute Gasteiger partial charge is 0.418 e. The van der Waals surface area contributed by atoms with Crippen LogP contribution in [0.4, 0.5) is 13.2 Å². The SMILES string of the molecule is CNC[C@@](C)(O)C(F)(F)F. The van der Waals surface area contributed by atoms with E-state index in [4.69, 9.17) is 5.11 Å². The molecule has 0 spiro atoms. The van der Waals surface area contributed by atoms with Gasteiger partial charge in [0.2, 0.25) is 0 Å². The van der Waals surface area contributed by atoms with Gasteiger partial charge in [-0.2, -0.15) is 13.2 Å². The molecule has 5 heteroatoms. The summed E-state index contributed by atoms with van der Waals surface area (Å²) in [7, 11) is 1.35. The summed E-state index contributed by atoms with van der Waals surface area (Å²) in [6.45, 7) is 0.236. The van der Waals surface area contributed by atoms with Crippen LogP contribution in [-0.2, 0) is 0 Å². The number of likely N-dealkylation sites (N-methyl/N-ethyl adjacent to an activating group) is 1. The van der Waals surface area contributed by atoms with Crippen molar-refractivity contribution in [1.82, 2.24) is 5.32 Å². The van der Waals surface area contributed by atoms with Crippen LogP contribution in [0.3, 0.4) is 0 Å². The molecule has 1 atom stereocenters. The van der Waals surface area contributed by atoms with Gasteiger partial charge in [-0.15, -0.1) is 0 Å². The fraction of sp³-hybridized carbons (Fsp3) is 1.00. The van der Waals surface area contributed by atoms with Gasteiger partial charge in [-0.25, -0.2) is 0 Å². The monoisotopic (exact) mass is 157 g/mol. The Balaban J connectivity index is 4.10. The zero-order valence-corrected chi connectivity index (χ0v) is 5.79. The van der Waals surface area contributed by atoms with E-state index < -0.39 is 18.3 Å². The summed E-state index contributed by atoms with van der Waals surface area (Å²) in [5, 5.41) is 10.9. The fourth-order valence-corrected chi connectivity index (χ4v) is 0.444. The van der Waals surface area contributed by atoms with Gasteiger partial charge in [-0.1, -0.05) is 0 Å². The molecular weight excluding hydrogens is 147 g/mol. The van der Waals surface area contributed by atoms with Crippen molar-refractivity contribution in [3.05, 3.63) is 0 Å². The summed E-state index contributed by atoms with van der Waals surface area (Å²) in [6.07, 6.45) is -4.56. The Morgan fingerprint density at radius 3 is 1.90 bits per heavy atom. The van der Waals surface area contributed by atoms with Gasteiger partial charge >= 0.3 is 6.18 Å². The number of rotatable bonds is 2. The predicted octanol–water partition coefficient (Wildman–Crippen LogP) is 0.519. The lowest BCUT2D eigenvalue weighted by molar-refractivity contribution is -0.250. The number of halogens is 3. The maximum atomic E-state index is 11.7. The lowest BCUT2D eigenvalue weighted by Gasteiger charge is -2.25. The van der Waals surface area contributed by atoms with Crippen molar-refractivity contribution in [1.29, 1.82) is 0 Å². The molecule has 0 unspecified atom stereocenters. The van der Waals surface area contributed by atoms with Crippen molar-refractivity contribution >= 4 is 0 Å². The molecule has 0 aliphatic carbocycles. The first kappa shape index (κ1) is 9.71. The van der Waals surface area contributed by atoms with Crippen LogP contribution in [0, 0.1) is 0 Å².